The molecule has 1 aliphatic heterocycles. The lowest BCUT2D eigenvalue weighted by Gasteiger charge is -2.14. The van der Waals surface area contributed by atoms with Crippen molar-refractivity contribution in [2.75, 3.05) is 25.6 Å². The van der Waals surface area contributed by atoms with Gasteiger partial charge < -0.3 is 14.8 Å². The Morgan fingerprint density at radius 2 is 1.97 bits per heavy atom. The second-order valence-electron chi connectivity index (χ2n) is 7.02. The first kappa shape index (κ1) is 23.9. The summed E-state index contributed by atoms with van der Waals surface area (Å²) in [7, 11) is 1.53. The van der Waals surface area contributed by atoms with Crippen molar-refractivity contribution in [1.29, 1.82) is 0 Å². The summed E-state index contributed by atoms with van der Waals surface area (Å²) in [5.41, 5.74) is 3.27. The van der Waals surface area contributed by atoms with Crippen molar-refractivity contribution >= 4 is 56.5 Å². The highest BCUT2D eigenvalue weighted by Crippen LogP contribution is 2.38. The van der Waals surface area contributed by atoms with Crippen LogP contribution in [-0.2, 0) is 9.59 Å². The number of thioether (sulfide) groups is 1. The van der Waals surface area contributed by atoms with Gasteiger partial charge in [0.05, 0.1) is 18.6 Å². The topological polar surface area (TPSA) is 84.9 Å². The normalized spacial score (nSPS) is 14.8. The number of benzene rings is 2. The Morgan fingerprint density at radius 1 is 1.22 bits per heavy atom. The zero-order valence-electron chi connectivity index (χ0n) is 18.2. The van der Waals surface area contributed by atoms with E-state index in [9.17, 15) is 14.4 Å². The average Bonchev–Trinajstić information content (AvgIpc) is 3.00. The summed E-state index contributed by atoms with van der Waals surface area (Å²) in [4.78, 5) is 38.9. The smallest absolute Gasteiger partial charge is 0.294 e. The lowest BCUT2D eigenvalue weighted by molar-refractivity contribution is -0.127. The van der Waals surface area contributed by atoms with Crippen LogP contribution < -0.4 is 14.8 Å². The molecule has 7 nitrogen and oxygen atoms in total. The number of ether oxygens (including phenoxy) is 2. The maximum atomic E-state index is 12.8. The minimum atomic E-state index is -0.518. The van der Waals surface area contributed by atoms with E-state index in [1.807, 2.05) is 32.9 Å². The summed E-state index contributed by atoms with van der Waals surface area (Å²) in [6.45, 7) is 5.83. The highest BCUT2D eigenvalue weighted by molar-refractivity contribution is 9.10. The largest absolute Gasteiger partial charge is 0.493 e. The molecule has 168 valence electrons. The first-order chi connectivity index (χ1) is 15.2. The van der Waals surface area contributed by atoms with Crippen LogP contribution in [0.15, 0.2) is 39.7 Å². The van der Waals surface area contributed by atoms with Crippen LogP contribution >= 0.6 is 27.7 Å². The maximum Gasteiger partial charge on any atom is 0.294 e. The van der Waals surface area contributed by atoms with Crippen LogP contribution in [0, 0.1) is 13.8 Å². The van der Waals surface area contributed by atoms with Crippen molar-refractivity contribution in [1.82, 2.24) is 4.90 Å². The molecule has 1 heterocycles. The molecule has 0 atom stereocenters. The lowest BCUT2D eigenvalue weighted by Crippen LogP contribution is -2.36. The van der Waals surface area contributed by atoms with E-state index in [1.54, 1.807) is 24.3 Å². The minimum Gasteiger partial charge on any atom is -0.493 e. The van der Waals surface area contributed by atoms with E-state index >= 15 is 0 Å². The van der Waals surface area contributed by atoms with E-state index < -0.39 is 17.1 Å². The van der Waals surface area contributed by atoms with Crippen molar-refractivity contribution in [2.24, 2.45) is 0 Å². The molecule has 1 aliphatic rings. The van der Waals surface area contributed by atoms with Gasteiger partial charge in [0.25, 0.3) is 11.1 Å². The zero-order chi connectivity index (χ0) is 23.4. The van der Waals surface area contributed by atoms with Crippen LogP contribution in [0.4, 0.5) is 10.5 Å². The number of amides is 3. The number of hydrogen-bond acceptors (Lipinski definition) is 6. The number of imide groups is 1. The van der Waals surface area contributed by atoms with E-state index in [-0.39, 0.29) is 11.4 Å². The predicted octanol–water partition coefficient (Wildman–Crippen LogP) is 5.15. The van der Waals surface area contributed by atoms with Gasteiger partial charge in [0.15, 0.2) is 11.5 Å². The van der Waals surface area contributed by atoms with E-state index in [1.165, 1.54) is 7.11 Å². The third kappa shape index (κ3) is 5.16. The highest BCUT2D eigenvalue weighted by Gasteiger charge is 2.36. The van der Waals surface area contributed by atoms with Crippen LogP contribution in [0.5, 0.6) is 11.5 Å². The molecule has 1 fully saturated rings. The summed E-state index contributed by atoms with van der Waals surface area (Å²) < 4.78 is 11.6. The van der Waals surface area contributed by atoms with Crippen molar-refractivity contribution in [2.45, 2.75) is 20.8 Å². The van der Waals surface area contributed by atoms with E-state index in [0.29, 0.717) is 33.8 Å². The van der Waals surface area contributed by atoms with E-state index in [4.69, 9.17) is 9.47 Å². The summed E-state index contributed by atoms with van der Waals surface area (Å²) in [6.07, 6.45) is 1.59. The fraction of sp³-hybridized carbons (Fsp3) is 0.261. The monoisotopic (exact) mass is 518 g/mol. The third-order valence-electron chi connectivity index (χ3n) is 4.92. The Hall–Kier alpha value is -2.78. The summed E-state index contributed by atoms with van der Waals surface area (Å²) in [6, 6.07) is 9.03. The van der Waals surface area contributed by atoms with E-state index in [0.717, 1.165) is 27.8 Å². The summed E-state index contributed by atoms with van der Waals surface area (Å²) in [5.74, 6) is 0.116. The molecule has 0 aromatic heterocycles. The molecule has 32 heavy (non-hydrogen) atoms. The number of halogens is 1. The summed E-state index contributed by atoms with van der Waals surface area (Å²) >= 11 is 4.26. The fourth-order valence-electron chi connectivity index (χ4n) is 3.09. The molecule has 0 unspecified atom stereocenters. The molecule has 1 N–H and O–H groups in total. The molecule has 0 bridgehead atoms. The predicted molar refractivity (Wildman–Crippen MR) is 129 cm³/mol. The number of aryl methyl sites for hydroxylation is 1. The number of methoxy groups -OCH3 is 1. The standard InChI is InChI=1S/C23H23BrN2O5S/c1-5-31-19-11-16(24)15(9-18(19)30-4)10-20-22(28)26(23(29)32-20)12-21(27)25-17-8-6-7-13(2)14(17)3/h6-11H,5,12H2,1-4H3,(H,25,27)/b20-10-. The Bertz CT molecular complexity index is 1120. The number of hydrogen-bond donors (Lipinski definition) is 1. The van der Waals surface area contributed by atoms with Gasteiger partial charge in [0, 0.05) is 10.2 Å². The quantitative estimate of drug-likeness (QED) is 0.510. The van der Waals surface area contributed by atoms with Gasteiger partial charge >= 0.3 is 0 Å². The first-order valence-corrected chi connectivity index (χ1v) is 11.5. The second-order valence-corrected chi connectivity index (χ2v) is 8.87. The van der Waals surface area contributed by atoms with Crippen molar-refractivity contribution in [3.05, 3.63) is 56.4 Å². The molecule has 9 heteroatoms. The second kappa shape index (κ2) is 10.2. The summed E-state index contributed by atoms with van der Waals surface area (Å²) in [5, 5.41) is 2.28. The Morgan fingerprint density at radius 3 is 2.66 bits per heavy atom. The van der Waals surface area contributed by atoms with Gasteiger partial charge in [-0.1, -0.05) is 28.1 Å². The van der Waals surface area contributed by atoms with Crippen LogP contribution in [0.3, 0.4) is 0 Å². The van der Waals surface area contributed by atoms with Gasteiger partial charge in [-0.3, -0.25) is 19.3 Å². The average molecular weight is 519 g/mol. The van der Waals surface area contributed by atoms with Crippen LogP contribution in [0.25, 0.3) is 6.08 Å². The van der Waals surface area contributed by atoms with Gasteiger partial charge in [-0.15, -0.1) is 0 Å². The molecule has 1 saturated heterocycles. The van der Waals surface area contributed by atoms with Crippen molar-refractivity contribution in [3.63, 3.8) is 0 Å². The number of rotatable bonds is 7. The molecular formula is C23H23BrN2O5S. The number of nitrogens with one attached hydrogen (secondary N) is 1. The molecule has 0 spiro atoms. The SMILES string of the molecule is CCOc1cc(Br)c(/C=C2\SC(=O)N(CC(=O)Nc3cccc(C)c3C)C2=O)cc1OC. The van der Waals surface area contributed by atoms with Crippen LogP contribution in [-0.4, -0.2) is 42.2 Å². The van der Waals surface area contributed by atoms with Gasteiger partial charge in [0.2, 0.25) is 5.91 Å². The molecule has 0 radical (unpaired) electrons. The molecule has 3 amide bonds. The number of nitrogens with zero attached hydrogens (tertiary/aromatic N) is 1. The molecule has 0 saturated carbocycles. The molecule has 0 aliphatic carbocycles. The minimum absolute atomic E-state index is 0.224. The Labute approximate surface area is 199 Å². The number of carbonyl (C=O) groups is 3. The van der Waals surface area contributed by atoms with Crippen LogP contribution in [0.1, 0.15) is 23.6 Å². The molecule has 2 aromatic rings. The molecule has 3 rings (SSSR count). The van der Waals surface area contributed by atoms with Gasteiger partial charge in [-0.2, -0.15) is 0 Å². The number of anilines is 1. The van der Waals surface area contributed by atoms with Crippen molar-refractivity contribution in [3.8, 4) is 11.5 Å². The van der Waals surface area contributed by atoms with Crippen LogP contribution in [0.2, 0.25) is 0 Å². The van der Waals surface area contributed by atoms with Crippen molar-refractivity contribution < 1.29 is 23.9 Å². The Balaban J connectivity index is 1.78. The highest BCUT2D eigenvalue weighted by atomic mass is 79.9. The zero-order valence-corrected chi connectivity index (χ0v) is 20.6. The number of carbonyl (C=O) groups excluding carboxylic acids is 3. The Kier molecular flexibility index (Phi) is 7.63. The fourth-order valence-corrected chi connectivity index (χ4v) is 4.35. The first-order valence-electron chi connectivity index (χ1n) is 9.86. The molecular weight excluding hydrogens is 496 g/mol. The van der Waals surface area contributed by atoms with Gasteiger partial charge in [0.1, 0.15) is 6.54 Å². The maximum absolute atomic E-state index is 12.8. The molecule has 2 aromatic carbocycles. The lowest BCUT2D eigenvalue weighted by atomic mass is 10.1. The van der Waals surface area contributed by atoms with Gasteiger partial charge in [-0.05, 0) is 73.5 Å². The van der Waals surface area contributed by atoms with E-state index in [2.05, 4.69) is 21.2 Å². The van der Waals surface area contributed by atoms with Gasteiger partial charge in [-0.25, -0.2) is 0 Å². The third-order valence-corrected chi connectivity index (χ3v) is 6.52.